The van der Waals surface area contributed by atoms with Gasteiger partial charge in [-0.1, -0.05) is 24.5 Å². The Balaban J connectivity index is 0. The van der Waals surface area contributed by atoms with Gasteiger partial charge in [0.2, 0.25) is 0 Å². The molecule has 0 radical (unpaired) electrons. The molecule has 86 valence electrons. The normalized spacial score (nSPS) is 9.29. The van der Waals surface area contributed by atoms with E-state index >= 15 is 0 Å². The second-order valence-corrected chi connectivity index (χ2v) is 4.23. The van der Waals surface area contributed by atoms with E-state index in [9.17, 15) is 9.35 Å². The summed E-state index contributed by atoms with van der Waals surface area (Å²) in [5.41, 5.74) is 0. The van der Waals surface area contributed by atoms with E-state index in [1.165, 1.54) is 7.11 Å². The Labute approximate surface area is 89.1 Å². The quantitative estimate of drug-likeness (QED) is 0.396. The number of methoxy groups -OCH3 is 1. The van der Waals surface area contributed by atoms with Crippen LogP contribution in [0.15, 0.2) is 0 Å². The zero-order chi connectivity index (χ0) is 11.4. The molecular weight excluding hydrogens is 204 g/mol. The van der Waals surface area contributed by atoms with Crippen LogP contribution in [0.1, 0.15) is 19.8 Å². The zero-order valence-corrected chi connectivity index (χ0v) is 10.2. The van der Waals surface area contributed by atoms with Crippen molar-refractivity contribution in [2.45, 2.75) is 19.8 Å². The van der Waals surface area contributed by atoms with Crippen molar-refractivity contribution in [3.63, 3.8) is 0 Å². The summed E-state index contributed by atoms with van der Waals surface area (Å²) in [6.45, 7) is 2.62. The fourth-order valence-electron chi connectivity index (χ4n) is 0.490. The molecule has 0 N–H and O–H groups in total. The molecule has 0 aliphatic rings. The second-order valence-electron chi connectivity index (χ2n) is 2.75. The van der Waals surface area contributed by atoms with Gasteiger partial charge in [0.05, 0.1) is 19.1 Å². The van der Waals surface area contributed by atoms with E-state index in [0.29, 0.717) is 6.61 Å². The topological polar surface area (TPSA) is 58.6 Å². The van der Waals surface area contributed by atoms with E-state index < -0.39 is 11.2 Å². The summed E-state index contributed by atoms with van der Waals surface area (Å²) in [6, 6.07) is 0. The molecule has 0 amide bonds. The minimum atomic E-state index is -0.611. The van der Waals surface area contributed by atoms with Crippen molar-refractivity contribution < 1.29 is 18.8 Å². The van der Waals surface area contributed by atoms with Crippen LogP contribution in [0.4, 0.5) is 0 Å². The lowest BCUT2D eigenvalue weighted by Crippen LogP contribution is -2.11. The Hall–Kier alpha value is -0.260. The third kappa shape index (κ3) is 22.6. The van der Waals surface area contributed by atoms with Gasteiger partial charge in [0.15, 0.2) is 0 Å². The number of rotatable bonds is 5. The number of hydrogen-bond acceptors (Lipinski definition) is 4. The highest BCUT2D eigenvalue weighted by Crippen LogP contribution is 1.88. The highest BCUT2D eigenvalue weighted by molar-refractivity contribution is 7.89. The van der Waals surface area contributed by atoms with Gasteiger partial charge in [0.25, 0.3) is 0 Å². The van der Waals surface area contributed by atoms with Crippen molar-refractivity contribution in [1.82, 2.24) is 0 Å². The molecule has 0 unspecified atom stereocenters. The zero-order valence-electron chi connectivity index (χ0n) is 9.37. The summed E-state index contributed by atoms with van der Waals surface area (Å²) < 4.78 is 18.9. The maximum Gasteiger partial charge on any atom is 0.332 e. The number of ether oxygens (including phenoxy) is 2. The Morgan fingerprint density at radius 1 is 1.43 bits per heavy atom. The lowest BCUT2D eigenvalue weighted by Gasteiger charge is -2.01. The molecule has 14 heavy (non-hydrogen) atoms. The van der Waals surface area contributed by atoms with Crippen LogP contribution >= 0.6 is 0 Å². The third-order valence-electron chi connectivity index (χ3n) is 1.02. The van der Waals surface area contributed by atoms with Crippen LogP contribution in [0.2, 0.25) is 0 Å². The Bertz CT molecular complexity index is 125. The molecule has 0 aromatic heterocycles. The number of unbranched alkanes of at least 4 members (excludes halogenated alkanes) is 1. The fraction of sp³-hybridized carbons (Fsp3) is 0.889. The summed E-state index contributed by atoms with van der Waals surface area (Å²) in [5, 5.41) is 0. The van der Waals surface area contributed by atoms with Gasteiger partial charge >= 0.3 is 5.97 Å². The number of esters is 1. The SMILES string of the molecule is CCCCOC(=O)COC.C[S+](C)[O-]. The summed E-state index contributed by atoms with van der Waals surface area (Å²) in [6.07, 6.45) is 5.25. The predicted molar refractivity (Wildman–Crippen MR) is 57.7 cm³/mol. The molecule has 0 aliphatic carbocycles. The summed E-state index contributed by atoms with van der Waals surface area (Å²) >= 11 is -0.611. The lowest BCUT2D eigenvalue weighted by molar-refractivity contribution is -0.148. The predicted octanol–water partition coefficient (Wildman–Crippen LogP) is 0.971. The molecule has 5 heteroatoms. The van der Waals surface area contributed by atoms with E-state index in [4.69, 9.17) is 4.74 Å². The molecule has 0 spiro atoms. The molecule has 0 bridgehead atoms. The minimum Gasteiger partial charge on any atom is -0.617 e. The van der Waals surface area contributed by atoms with Crippen molar-refractivity contribution in [2.24, 2.45) is 0 Å². The van der Waals surface area contributed by atoms with Crippen molar-refractivity contribution in [2.75, 3.05) is 32.8 Å². The van der Waals surface area contributed by atoms with Crippen molar-refractivity contribution in [3.05, 3.63) is 0 Å². The molecule has 0 rings (SSSR count). The average molecular weight is 224 g/mol. The first-order valence-corrected chi connectivity index (χ1v) is 6.40. The maximum absolute atomic E-state index is 10.6. The van der Waals surface area contributed by atoms with Crippen molar-refractivity contribution >= 4 is 17.1 Å². The van der Waals surface area contributed by atoms with Crippen molar-refractivity contribution in [3.8, 4) is 0 Å². The first kappa shape index (κ1) is 16.2. The molecule has 0 atom stereocenters. The van der Waals surface area contributed by atoms with Crippen LogP contribution in [-0.4, -0.2) is 43.4 Å². The maximum atomic E-state index is 10.6. The van der Waals surface area contributed by atoms with Gasteiger partial charge in [0.1, 0.15) is 6.61 Å². The van der Waals surface area contributed by atoms with Gasteiger partial charge < -0.3 is 14.0 Å². The Morgan fingerprint density at radius 2 is 1.93 bits per heavy atom. The summed E-state index contributed by atoms with van der Waals surface area (Å²) in [4.78, 5) is 10.6. The first-order valence-electron chi connectivity index (χ1n) is 4.44. The Morgan fingerprint density at radius 3 is 2.29 bits per heavy atom. The van der Waals surface area contributed by atoms with Gasteiger partial charge in [-0.3, -0.25) is 0 Å². The minimum absolute atomic E-state index is 0.0592. The van der Waals surface area contributed by atoms with Gasteiger partial charge in [-0.2, -0.15) is 0 Å². The number of carbonyl (C=O) groups excluding carboxylic acids is 1. The number of carbonyl (C=O) groups is 1. The average Bonchev–Trinajstić information content (AvgIpc) is 2.04. The van der Waals surface area contributed by atoms with Crippen LogP contribution in [0.25, 0.3) is 0 Å². The Kier molecular flexibility index (Phi) is 14.7. The van der Waals surface area contributed by atoms with E-state index in [2.05, 4.69) is 4.74 Å². The van der Waals surface area contributed by atoms with Gasteiger partial charge in [-0.15, -0.1) is 0 Å². The van der Waals surface area contributed by atoms with Crippen LogP contribution in [0.3, 0.4) is 0 Å². The molecule has 0 aromatic rings. The van der Waals surface area contributed by atoms with Gasteiger partial charge in [0, 0.05) is 7.11 Å². The smallest absolute Gasteiger partial charge is 0.332 e. The summed E-state index contributed by atoms with van der Waals surface area (Å²) in [7, 11) is 1.47. The van der Waals surface area contributed by atoms with Crippen molar-refractivity contribution in [1.29, 1.82) is 0 Å². The van der Waals surface area contributed by atoms with Crippen LogP contribution < -0.4 is 0 Å². The second kappa shape index (κ2) is 12.7. The van der Waals surface area contributed by atoms with Crippen LogP contribution in [0, 0.1) is 0 Å². The molecule has 0 saturated heterocycles. The molecule has 0 fully saturated rings. The van der Waals surface area contributed by atoms with Crippen LogP contribution in [-0.2, 0) is 25.4 Å². The first-order chi connectivity index (χ1) is 6.54. The highest BCUT2D eigenvalue weighted by Gasteiger charge is 1.98. The van der Waals surface area contributed by atoms with Gasteiger partial charge in [-0.25, -0.2) is 4.79 Å². The lowest BCUT2D eigenvalue weighted by atomic mass is 10.4. The molecule has 0 aliphatic heterocycles. The largest absolute Gasteiger partial charge is 0.617 e. The van der Waals surface area contributed by atoms with E-state index in [-0.39, 0.29) is 12.6 Å². The molecule has 0 heterocycles. The van der Waals surface area contributed by atoms with E-state index in [1.54, 1.807) is 12.5 Å². The standard InChI is InChI=1S/C7H14O3.C2H6OS/c1-3-4-5-10-7(8)6-9-2;1-4(2)3/h3-6H2,1-2H3;1-2H3. The summed E-state index contributed by atoms with van der Waals surface area (Å²) in [5.74, 6) is -0.282. The van der Waals surface area contributed by atoms with E-state index in [0.717, 1.165) is 12.8 Å². The van der Waals surface area contributed by atoms with Crippen LogP contribution in [0.5, 0.6) is 0 Å². The highest BCUT2D eigenvalue weighted by atomic mass is 32.2. The molecule has 4 nitrogen and oxygen atoms in total. The van der Waals surface area contributed by atoms with Gasteiger partial charge in [-0.05, 0) is 6.42 Å². The monoisotopic (exact) mass is 224 g/mol. The molecule has 0 saturated carbocycles. The third-order valence-corrected chi connectivity index (χ3v) is 1.02. The van der Waals surface area contributed by atoms with E-state index in [1.807, 2.05) is 6.92 Å². The fourth-order valence-corrected chi connectivity index (χ4v) is 0.490. The molecule has 0 aromatic carbocycles. The number of hydrogen-bond donors (Lipinski definition) is 0. The molecular formula is C9H20O4S.